The van der Waals surface area contributed by atoms with E-state index in [9.17, 15) is 22.8 Å². The Morgan fingerprint density at radius 2 is 1.83 bits per heavy atom. The summed E-state index contributed by atoms with van der Waals surface area (Å²) in [6.45, 7) is 3.31. The van der Waals surface area contributed by atoms with Gasteiger partial charge < -0.3 is 10.1 Å². The zero-order chi connectivity index (χ0) is 21.7. The van der Waals surface area contributed by atoms with Crippen LogP contribution in [0.25, 0.3) is 0 Å². The fraction of sp³-hybridized carbons (Fsp3) is 0.238. The van der Waals surface area contributed by atoms with Crippen LogP contribution >= 0.6 is 11.8 Å². The maximum atomic E-state index is 14.8. The van der Waals surface area contributed by atoms with Gasteiger partial charge in [0.05, 0.1) is 12.3 Å². The van der Waals surface area contributed by atoms with Crippen molar-refractivity contribution in [1.29, 1.82) is 0 Å². The summed E-state index contributed by atoms with van der Waals surface area (Å²) in [6.07, 6.45) is -4.90. The van der Waals surface area contributed by atoms with Gasteiger partial charge in [0, 0.05) is 10.5 Å². The van der Waals surface area contributed by atoms with Crippen molar-refractivity contribution in [2.24, 2.45) is 0 Å². The highest BCUT2D eigenvalue weighted by Gasteiger charge is 2.66. The number of fused-ring (bicyclic) bond motifs is 3. The van der Waals surface area contributed by atoms with E-state index in [-0.39, 0.29) is 22.9 Å². The van der Waals surface area contributed by atoms with Gasteiger partial charge in [-0.2, -0.15) is 13.2 Å². The number of thioether (sulfide) groups is 1. The molecule has 2 aromatic rings. The zero-order valence-electron chi connectivity index (χ0n) is 16.0. The normalized spacial score (nSPS) is 20.6. The molecule has 0 radical (unpaired) electrons. The van der Waals surface area contributed by atoms with Gasteiger partial charge in [0.2, 0.25) is 5.66 Å². The van der Waals surface area contributed by atoms with Crippen LogP contribution in [0.3, 0.4) is 0 Å². The molecule has 2 aliphatic heterocycles. The highest BCUT2D eigenvalue weighted by Crippen LogP contribution is 2.57. The van der Waals surface area contributed by atoms with Crippen molar-refractivity contribution >= 4 is 29.3 Å². The third kappa shape index (κ3) is 2.87. The number of ether oxygens (including phenoxy) is 1. The molecule has 9 heteroatoms. The monoisotopic (exact) mass is 434 g/mol. The quantitative estimate of drug-likeness (QED) is 0.579. The van der Waals surface area contributed by atoms with E-state index in [0.29, 0.717) is 4.90 Å². The Balaban J connectivity index is 2.05. The summed E-state index contributed by atoms with van der Waals surface area (Å²) in [5, 5.41) is 2.00. The number of hydrogen-bond acceptors (Lipinski definition) is 5. The molecule has 5 nitrogen and oxygen atoms in total. The molecule has 0 saturated heterocycles. The Morgan fingerprint density at radius 3 is 2.47 bits per heavy atom. The second-order valence-electron chi connectivity index (χ2n) is 6.83. The van der Waals surface area contributed by atoms with E-state index in [4.69, 9.17) is 4.74 Å². The first-order valence-electron chi connectivity index (χ1n) is 9.15. The fourth-order valence-electron chi connectivity index (χ4n) is 3.60. The van der Waals surface area contributed by atoms with E-state index in [2.05, 4.69) is 5.32 Å². The van der Waals surface area contributed by atoms with Gasteiger partial charge in [-0.3, -0.25) is 9.69 Å². The number of nitrogens with zero attached hydrogens (tertiary/aromatic N) is 1. The minimum absolute atomic E-state index is 0.0110. The molecule has 0 aromatic heterocycles. The van der Waals surface area contributed by atoms with E-state index in [1.165, 1.54) is 18.2 Å². The van der Waals surface area contributed by atoms with Crippen LogP contribution in [0.4, 0.5) is 18.9 Å². The fourth-order valence-corrected chi connectivity index (χ4v) is 4.83. The summed E-state index contributed by atoms with van der Waals surface area (Å²) < 4.78 is 49.2. The van der Waals surface area contributed by atoms with Gasteiger partial charge in [0.1, 0.15) is 5.03 Å². The predicted molar refractivity (Wildman–Crippen MR) is 105 cm³/mol. The van der Waals surface area contributed by atoms with Crippen molar-refractivity contribution in [3.63, 3.8) is 0 Å². The minimum Gasteiger partial charge on any atom is -0.462 e. The Labute approximate surface area is 174 Å². The highest BCUT2D eigenvalue weighted by atomic mass is 32.2. The average molecular weight is 434 g/mol. The summed E-state index contributed by atoms with van der Waals surface area (Å²) in [5.74, 6) is -2.09. The topological polar surface area (TPSA) is 58.6 Å². The first kappa shape index (κ1) is 20.3. The second kappa shape index (κ2) is 7.09. The molecule has 2 heterocycles. The molecular weight excluding hydrogens is 417 g/mol. The van der Waals surface area contributed by atoms with Gasteiger partial charge >= 0.3 is 12.1 Å². The van der Waals surface area contributed by atoms with Gasteiger partial charge in [-0.25, -0.2) is 4.79 Å². The molecule has 156 valence electrons. The van der Waals surface area contributed by atoms with Crippen molar-refractivity contribution in [3.8, 4) is 0 Å². The molecule has 0 fully saturated rings. The lowest BCUT2D eigenvalue weighted by Gasteiger charge is -2.47. The van der Waals surface area contributed by atoms with Crippen molar-refractivity contribution in [3.05, 3.63) is 70.3 Å². The lowest BCUT2D eigenvalue weighted by atomic mass is 9.92. The molecule has 2 aliphatic rings. The van der Waals surface area contributed by atoms with Crippen molar-refractivity contribution in [2.45, 2.75) is 30.6 Å². The van der Waals surface area contributed by atoms with Gasteiger partial charge in [-0.15, -0.1) is 0 Å². The van der Waals surface area contributed by atoms with E-state index in [1.807, 2.05) is 0 Å². The van der Waals surface area contributed by atoms with E-state index in [1.54, 1.807) is 44.2 Å². The van der Waals surface area contributed by atoms with Crippen molar-refractivity contribution < 1.29 is 27.5 Å². The third-order valence-corrected chi connectivity index (χ3v) is 6.09. The molecule has 0 spiro atoms. The summed E-state index contributed by atoms with van der Waals surface area (Å²) in [6, 6.07) is 12.2. The van der Waals surface area contributed by atoms with Crippen LogP contribution in [0.15, 0.2) is 64.0 Å². The van der Waals surface area contributed by atoms with Crippen LogP contribution in [0, 0.1) is 6.92 Å². The molecule has 0 aliphatic carbocycles. The number of aryl methyl sites for hydroxylation is 1. The molecule has 4 rings (SSSR count). The molecule has 1 atom stereocenters. The summed E-state index contributed by atoms with van der Waals surface area (Å²) >= 11 is 0.946. The van der Waals surface area contributed by atoms with Gasteiger partial charge in [0.15, 0.2) is 5.57 Å². The summed E-state index contributed by atoms with van der Waals surface area (Å²) in [7, 11) is 0. The maximum absolute atomic E-state index is 14.8. The zero-order valence-corrected chi connectivity index (χ0v) is 16.9. The van der Waals surface area contributed by atoms with Crippen LogP contribution in [0.2, 0.25) is 0 Å². The average Bonchev–Trinajstić information content (AvgIpc) is 3.06. The number of amides is 1. The largest absolute Gasteiger partial charge is 0.462 e. The molecule has 0 unspecified atom stereocenters. The number of halogens is 3. The number of carbonyl (C=O) groups excluding carboxylic acids is 2. The number of hydrogen-bond donors (Lipinski definition) is 1. The summed E-state index contributed by atoms with van der Waals surface area (Å²) in [5.41, 5.74) is -2.45. The smallest absolute Gasteiger partial charge is 0.435 e. The van der Waals surface area contributed by atoms with Gasteiger partial charge in [-0.05, 0) is 26.0 Å². The molecule has 1 amide bonds. The number of nitrogens with one attached hydrogen (secondary N) is 1. The maximum Gasteiger partial charge on any atom is 0.435 e. The molecule has 0 saturated carbocycles. The van der Waals surface area contributed by atoms with E-state index < -0.39 is 29.3 Å². The number of para-hydroxylation sites is 1. The molecule has 2 aromatic carbocycles. The third-order valence-electron chi connectivity index (χ3n) is 4.95. The standard InChI is InChI=1S/C21H17F3N2O3S/c1-3-29-19(28)16-17(27)25-20(21(22,23)24,13-10-8-12(2)9-11-13)26-14-6-4-5-7-15(14)30-18(16)26/h4-11H,3H2,1-2H3,(H,25,27)/t20-/m1/s1. The predicted octanol–water partition coefficient (Wildman–Crippen LogP) is 4.23. The van der Waals surface area contributed by atoms with Crippen LogP contribution in [-0.4, -0.2) is 24.7 Å². The molecular formula is C21H17F3N2O3S. The SMILES string of the molecule is CCOC(=O)C1=C2Sc3ccccc3N2[C@](c2ccc(C)cc2)(C(F)(F)F)NC1=O. The molecule has 1 N–H and O–H groups in total. The lowest BCUT2D eigenvalue weighted by molar-refractivity contribution is -0.202. The first-order valence-corrected chi connectivity index (χ1v) is 9.97. The summed E-state index contributed by atoms with van der Waals surface area (Å²) in [4.78, 5) is 26.9. The Morgan fingerprint density at radius 1 is 1.17 bits per heavy atom. The van der Waals surface area contributed by atoms with Crippen LogP contribution in [0.1, 0.15) is 18.1 Å². The van der Waals surface area contributed by atoms with E-state index >= 15 is 0 Å². The number of rotatable bonds is 3. The first-order chi connectivity index (χ1) is 14.2. The van der Waals surface area contributed by atoms with Crippen LogP contribution < -0.4 is 10.2 Å². The minimum atomic E-state index is -4.90. The number of carbonyl (C=O) groups is 2. The second-order valence-corrected chi connectivity index (χ2v) is 7.86. The number of alkyl halides is 3. The molecule has 0 bridgehead atoms. The number of anilines is 1. The van der Waals surface area contributed by atoms with Crippen LogP contribution in [0.5, 0.6) is 0 Å². The van der Waals surface area contributed by atoms with Crippen molar-refractivity contribution in [2.75, 3.05) is 11.5 Å². The Hall–Kier alpha value is -2.94. The van der Waals surface area contributed by atoms with Crippen molar-refractivity contribution in [1.82, 2.24) is 5.32 Å². The number of esters is 1. The highest BCUT2D eigenvalue weighted by molar-refractivity contribution is 8.03. The Kier molecular flexibility index (Phi) is 4.80. The lowest BCUT2D eigenvalue weighted by Crippen LogP contribution is -2.68. The van der Waals surface area contributed by atoms with E-state index in [0.717, 1.165) is 22.2 Å². The van der Waals surface area contributed by atoms with Gasteiger partial charge in [-0.1, -0.05) is 53.7 Å². The number of benzene rings is 2. The van der Waals surface area contributed by atoms with Crippen LogP contribution in [-0.2, 0) is 20.0 Å². The Bertz CT molecular complexity index is 1070. The van der Waals surface area contributed by atoms with Gasteiger partial charge in [0.25, 0.3) is 5.91 Å². The molecule has 30 heavy (non-hydrogen) atoms.